The number of ether oxygens (including phenoxy) is 1. The summed E-state index contributed by atoms with van der Waals surface area (Å²) in [4.78, 5) is 74.4. The maximum Gasteiger partial charge on any atom is 0.408 e. The van der Waals surface area contributed by atoms with Crippen molar-refractivity contribution < 1.29 is 48.1 Å². The van der Waals surface area contributed by atoms with Crippen LogP contribution in [0.3, 0.4) is 0 Å². The Kier molecular flexibility index (Phi) is 13.7. The van der Waals surface area contributed by atoms with Crippen LogP contribution in [0.15, 0.2) is 54.6 Å². The van der Waals surface area contributed by atoms with Gasteiger partial charge in [-0.1, -0.05) is 56.3 Å². The Morgan fingerprint density at radius 1 is 0.773 bits per heavy atom. The predicted octanol–water partition coefficient (Wildman–Crippen LogP) is 1.37. The number of amides is 4. The van der Waals surface area contributed by atoms with E-state index in [2.05, 4.69) is 21.3 Å². The number of alkyl halides is 1. The van der Waals surface area contributed by atoms with Crippen molar-refractivity contribution in [2.45, 2.75) is 64.4 Å². The van der Waals surface area contributed by atoms with Gasteiger partial charge in [-0.3, -0.25) is 24.0 Å². The monoisotopic (exact) mass is 616 g/mol. The lowest BCUT2D eigenvalue weighted by molar-refractivity contribution is -0.140. The van der Waals surface area contributed by atoms with E-state index in [-0.39, 0.29) is 18.8 Å². The second-order valence-corrected chi connectivity index (χ2v) is 10.3. The molecular weight excluding hydrogens is 579 g/mol. The fourth-order valence-corrected chi connectivity index (χ4v) is 3.95. The van der Waals surface area contributed by atoms with E-state index in [1.54, 1.807) is 56.3 Å². The van der Waals surface area contributed by atoms with Crippen LogP contribution in [0.1, 0.15) is 38.3 Å². The molecule has 238 valence electrons. The standard InChI is InChI=1S/C30H37FN4O9/c1-17(2)26(29(42)32-18(3)27(40)33-22(14-25(38)39)24(37)15-31)35-28(41)23(13-19-9-11-21(36)12-10-19)34-30(43)44-16-20-7-5-4-6-8-20/h4-12,17-18,22-23,26,36H,13-16H2,1-3H3,(H,32,42)(H,33,40)(H,34,43)(H,35,41)(H,38,39)/t18-,22-,23?,26-/m0/s1. The fourth-order valence-electron chi connectivity index (χ4n) is 3.95. The predicted molar refractivity (Wildman–Crippen MR) is 155 cm³/mol. The summed E-state index contributed by atoms with van der Waals surface area (Å²) in [5.74, 6) is -5.53. The van der Waals surface area contributed by atoms with Crippen LogP contribution in [0.4, 0.5) is 9.18 Å². The highest BCUT2D eigenvalue weighted by atomic mass is 19.1. The van der Waals surface area contributed by atoms with Crippen LogP contribution in [0.5, 0.6) is 5.75 Å². The van der Waals surface area contributed by atoms with Crippen molar-refractivity contribution in [2.24, 2.45) is 5.92 Å². The molecule has 0 saturated heterocycles. The molecule has 0 aromatic heterocycles. The lowest BCUT2D eigenvalue weighted by Gasteiger charge is -2.27. The molecule has 0 radical (unpaired) electrons. The van der Waals surface area contributed by atoms with Crippen molar-refractivity contribution in [1.29, 1.82) is 0 Å². The van der Waals surface area contributed by atoms with Crippen LogP contribution in [-0.4, -0.2) is 76.6 Å². The molecule has 0 aliphatic carbocycles. The molecule has 4 atom stereocenters. The van der Waals surface area contributed by atoms with Gasteiger partial charge in [-0.2, -0.15) is 0 Å². The van der Waals surface area contributed by atoms with Crippen LogP contribution in [0, 0.1) is 5.92 Å². The van der Waals surface area contributed by atoms with E-state index < -0.39 is 78.7 Å². The number of phenolic OH excluding ortho intramolecular Hbond substituents is 1. The Morgan fingerprint density at radius 2 is 1.41 bits per heavy atom. The third-order valence-electron chi connectivity index (χ3n) is 6.41. The molecule has 2 aromatic rings. The molecule has 6 N–H and O–H groups in total. The highest BCUT2D eigenvalue weighted by Crippen LogP contribution is 2.13. The Hall–Kier alpha value is -5.01. The number of halogens is 1. The number of phenols is 1. The molecule has 2 rings (SSSR count). The van der Waals surface area contributed by atoms with Gasteiger partial charge in [0.05, 0.1) is 6.42 Å². The van der Waals surface area contributed by atoms with Gasteiger partial charge in [0.1, 0.15) is 43.2 Å². The van der Waals surface area contributed by atoms with Crippen molar-refractivity contribution in [3.8, 4) is 5.75 Å². The SMILES string of the molecule is CC(C)[C@H](NC(=O)C(Cc1ccc(O)cc1)NC(=O)OCc1ccccc1)C(=O)N[C@@H](C)C(=O)N[C@@H](CC(=O)O)C(=O)CF. The lowest BCUT2D eigenvalue weighted by Crippen LogP contribution is -2.58. The van der Waals surface area contributed by atoms with Gasteiger partial charge < -0.3 is 36.2 Å². The third-order valence-corrected chi connectivity index (χ3v) is 6.41. The molecule has 44 heavy (non-hydrogen) atoms. The molecular formula is C30H37FN4O9. The second kappa shape index (κ2) is 17.2. The number of alkyl carbamates (subject to hydrolysis) is 1. The Labute approximate surface area is 253 Å². The first-order chi connectivity index (χ1) is 20.8. The molecule has 2 aromatic carbocycles. The zero-order valence-corrected chi connectivity index (χ0v) is 24.5. The van der Waals surface area contributed by atoms with Crippen molar-refractivity contribution in [3.05, 3.63) is 65.7 Å². The first kappa shape index (κ1) is 35.2. The minimum Gasteiger partial charge on any atom is -0.508 e. The fraction of sp³-hybridized carbons (Fsp3) is 0.400. The van der Waals surface area contributed by atoms with Gasteiger partial charge in [-0.15, -0.1) is 0 Å². The highest BCUT2D eigenvalue weighted by Gasteiger charge is 2.32. The Bertz CT molecular complexity index is 1310. The zero-order valence-electron chi connectivity index (χ0n) is 24.5. The number of benzene rings is 2. The van der Waals surface area contributed by atoms with Crippen LogP contribution >= 0.6 is 0 Å². The summed E-state index contributed by atoms with van der Waals surface area (Å²) in [6, 6.07) is 9.50. The molecule has 0 bridgehead atoms. The van der Waals surface area contributed by atoms with Gasteiger partial charge in [0.25, 0.3) is 0 Å². The molecule has 13 nitrogen and oxygen atoms in total. The first-order valence-corrected chi connectivity index (χ1v) is 13.8. The molecule has 0 aliphatic heterocycles. The molecule has 0 heterocycles. The number of rotatable bonds is 16. The summed E-state index contributed by atoms with van der Waals surface area (Å²) in [6.07, 6.45) is -1.75. The van der Waals surface area contributed by atoms with E-state index in [0.717, 1.165) is 5.56 Å². The first-order valence-electron chi connectivity index (χ1n) is 13.8. The number of carbonyl (C=O) groups excluding carboxylic acids is 5. The average Bonchev–Trinajstić information content (AvgIpc) is 2.98. The van der Waals surface area contributed by atoms with Crippen molar-refractivity contribution in [3.63, 3.8) is 0 Å². The summed E-state index contributed by atoms with van der Waals surface area (Å²) in [7, 11) is 0. The number of carboxylic acid groups (broad SMARTS) is 1. The average molecular weight is 617 g/mol. The van der Waals surface area contributed by atoms with Gasteiger partial charge in [-0.05, 0) is 36.1 Å². The van der Waals surface area contributed by atoms with Crippen molar-refractivity contribution >= 4 is 35.6 Å². The Morgan fingerprint density at radius 3 is 1.98 bits per heavy atom. The van der Waals surface area contributed by atoms with Crippen LogP contribution in [-0.2, 0) is 41.7 Å². The van der Waals surface area contributed by atoms with Gasteiger partial charge in [0, 0.05) is 6.42 Å². The normalized spacial score (nSPS) is 13.5. The quantitative estimate of drug-likeness (QED) is 0.161. The Balaban J connectivity index is 2.13. The number of carboxylic acids is 1. The van der Waals surface area contributed by atoms with Gasteiger partial charge >= 0.3 is 12.1 Å². The topological polar surface area (TPSA) is 200 Å². The molecule has 1 unspecified atom stereocenters. The lowest BCUT2D eigenvalue weighted by atomic mass is 10.0. The maximum atomic E-state index is 13.4. The third kappa shape index (κ3) is 11.7. The van der Waals surface area contributed by atoms with Gasteiger partial charge in [0.2, 0.25) is 17.7 Å². The molecule has 0 aliphatic rings. The summed E-state index contributed by atoms with van der Waals surface area (Å²) >= 11 is 0. The van der Waals surface area contributed by atoms with E-state index in [4.69, 9.17) is 9.84 Å². The summed E-state index contributed by atoms with van der Waals surface area (Å²) < 4.78 is 18.1. The summed E-state index contributed by atoms with van der Waals surface area (Å²) in [5.41, 5.74) is 1.31. The number of Topliss-reactive ketones (excluding diaryl/α,β-unsaturated/α-hetero) is 1. The number of nitrogens with one attached hydrogen (secondary N) is 4. The van der Waals surface area contributed by atoms with E-state index in [0.29, 0.717) is 5.56 Å². The minimum absolute atomic E-state index is 0.00280. The van der Waals surface area contributed by atoms with Crippen molar-refractivity contribution in [1.82, 2.24) is 21.3 Å². The number of aromatic hydroxyl groups is 1. The molecule has 0 saturated carbocycles. The van der Waals surface area contributed by atoms with Crippen molar-refractivity contribution in [2.75, 3.05) is 6.67 Å². The van der Waals surface area contributed by atoms with Gasteiger partial charge in [0.15, 0.2) is 5.78 Å². The molecule has 4 amide bonds. The summed E-state index contributed by atoms with van der Waals surface area (Å²) in [5, 5.41) is 28.2. The van der Waals surface area contributed by atoms with Gasteiger partial charge in [-0.25, -0.2) is 9.18 Å². The maximum absolute atomic E-state index is 13.4. The molecule has 0 spiro atoms. The number of carbonyl (C=O) groups is 6. The largest absolute Gasteiger partial charge is 0.508 e. The highest BCUT2D eigenvalue weighted by molar-refractivity contribution is 5.96. The number of hydrogen-bond acceptors (Lipinski definition) is 8. The zero-order chi connectivity index (χ0) is 32.8. The second-order valence-electron chi connectivity index (χ2n) is 10.3. The molecule has 0 fully saturated rings. The van der Waals surface area contributed by atoms with E-state index in [1.807, 2.05) is 0 Å². The minimum atomic E-state index is -1.63. The van der Waals surface area contributed by atoms with Crippen LogP contribution in [0.25, 0.3) is 0 Å². The number of aliphatic carboxylic acids is 1. The number of hydrogen-bond donors (Lipinski definition) is 6. The van der Waals surface area contributed by atoms with Crippen LogP contribution in [0.2, 0.25) is 0 Å². The van der Waals surface area contributed by atoms with E-state index in [1.165, 1.54) is 19.1 Å². The van der Waals surface area contributed by atoms with E-state index in [9.17, 15) is 38.3 Å². The smallest absolute Gasteiger partial charge is 0.408 e. The van der Waals surface area contributed by atoms with E-state index >= 15 is 0 Å². The summed E-state index contributed by atoms with van der Waals surface area (Å²) in [6.45, 7) is 2.99. The number of ketones is 1. The molecule has 14 heteroatoms. The van der Waals surface area contributed by atoms with Crippen LogP contribution < -0.4 is 21.3 Å².